The number of anilines is 2. The van der Waals surface area contributed by atoms with Gasteiger partial charge in [0.2, 0.25) is 0 Å². The molecule has 0 aliphatic carbocycles. The van der Waals surface area contributed by atoms with E-state index in [4.69, 9.17) is 10.5 Å². The van der Waals surface area contributed by atoms with Crippen LogP contribution in [0.3, 0.4) is 0 Å². The van der Waals surface area contributed by atoms with E-state index in [2.05, 4.69) is 17.0 Å². The number of methoxy groups -OCH3 is 1. The molecule has 3 heteroatoms. The van der Waals surface area contributed by atoms with E-state index < -0.39 is 0 Å². The largest absolute Gasteiger partial charge is 0.399 e. The number of nitrogens with two attached hydrogens (primary N) is 1. The molecule has 1 heterocycles. The summed E-state index contributed by atoms with van der Waals surface area (Å²) in [5.41, 5.74) is 7.80. The third-order valence-corrected chi connectivity index (χ3v) is 3.28. The Hall–Kier alpha value is -1.22. The minimum atomic E-state index is 0.732. The number of hydrogen-bond donors (Lipinski definition) is 1. The highest BCUT2D eigenvalue weighted by molar-refractivity contribution is 5.53. The van der Waals surface area contributed by atoms with Crippen molar-refractivity contribution in [1.82, 2.24) is 0 Å². The highest BCUT2D eigenvalue weighted by Crippen LogP contribution is 2.23. The summed E-state index contributed by atoms with van der Waals surface area (Å²) in [4.78, 5) is 2.42. The van der Waals surface area contributed by atoms with Crippen molar-refractivity contribution in [2.24, 2.45) is 5.92 Å². The molecule has 1 aliphatic rings. The fourth-order valence-electron chi connectivity index (χ4n) is 2.28. The van der Waals surface area contributed by atoms with Gasteiger partial charge in [-0.3, -0.25) is 0 Å². The van der Waals surface area contributed by atoms with Crippen LogP contribution in [0, 0.1) is 5.92 Å². The van der Waals surface area contributed by atoms with E-state index in [1.807, 2.05) is 12.1 Å². The molecule has 16 heavy (non-hydrogen) atoms. The third-order valence-electron chi connectivity index (χ3n) is 3.28. The molecule has 88 valence electrons. The maximum atomic E-state index is 5.68. The SMILES string of the molecule is COCC1CCN(c2ccc(N)cc2)CC1. The lowest BCUT2D eigenvalue weighted by atomic mass is 9.97. The Labute approximate surface area is 97.2 Å². The van der Waals surface area contributed by atoms with E-state index in [9.17, 15) is 0 Å². The van der Waals surface area contributed by atoms with Crippen molar-refractivity contribution < 1.29 is 4.74 Å². The second kappa shape index (κ2) is 5.21. The summed E-state index contributed by atoms with van der Waals surface area (Å²) in [6.45, 7) is 3.14. The summed E-state index contributed by atoms with van der Waals surface area (Å²) in [7, 11) is 1.78. The Bertz CT molecular complexity index is 315. The van der Waals surface area contributed by atoms with Crippen LogP contribution in [0.2, 0.25) is 0 Å². The van der Waals surface area contributed by atoms with E-state index in [-0.39, 0.29) is 0 Å². The van der Waals surface area contributed by atoms with Crippen molar-refractivity contribution in [3.63, 3.8) is 0 Å². The Morgan fingerprint density at radius 2 is 1.88 bits per heavy atom. The summed E-state index contributed by atoms with van der Waals surface area (Å²) in [5.74, 6) is 0.732. The van der Waals surface area contributed by atoms with Crippen LogP contribution in [-0.2, 0) is 4.74 Å². The van der Waals surface area contributed by atoms with E-state index >= 15 is 0 Å². The molecule has 0 spiro atoms. The molecular formula is C13H20N2O. The van der Waals surface area contributed by atoms with Crippen molar-refractivity contribution in [3.8, 4) is 0 Å². The smallest absolute Gasteiger partial charge is 0.0491 e. The number of nitrogen functional groups attached to an aromatic ring is 1. The molecule has 1 aliphatic heterocycles. The van der Waals surface area contributed by atoms with Crippen molar-refractivity contribution in [2.75, 3.05) is 37.4 Å². The molecule has 0 atom stereocenters. The zero-order valence-electron chi connectivity index (χ0n) is 9.86. The summed E-state index contributed by atoms with van der Waals surface area (Å²) >= 11 is 0. The van der Waals surface area contributed by atoms with Gasteiger partial charge < -0.3 is 15.4 Å². The van der Waals surface area contributed by atoms with Crippen LogP contribution in [0.15, 0.2) is 24.3 Å². The van der Waals surface area contributed by atoms with Crippen LogP contribution < -0.4 is 10.6 Å². The molecule has 3 nitrogen and oxygen atoms in total. The van der Waals surface area contributed by atoms with Crippen molar-refractivity contribution >= 4 is 11.4 Å². The summed E-state index contributed by atoms with van der Waals surface area (Å²) < 4.78 is 5.20. The molecule has 1 aromatic rings. The Morgan fingerprint density at radius 1 is 1.25 bits per heavy atom. The average molecular weight is 220 g/mol. The van der Waals surface area contributed by atoms with Gasteiger partial charge in [0.05, 0.1) is 0 Å². The molecule has 1 aromatic carbocycles. The van der Waals surface area contributed by atoms with E-state index in [0.29, 0.717) is 0 Å². The van der Waals surface area contributed by atoms with Crippen LogP contribution in [0.5, 0.6) is 0 Å². The van der Waals surface area contributed by atoms with Gasteiger partial charge in [-0.15, -0.1) is 0 Å². The molecular weight excluding hydrogens is 200 g/mol. The lowest BCUT2D eigenvalue weighted by Crippen LogP contribution is -2.34. The molecule has 1 fully saturated rings. The van der Waals surface area contributed by atoms with Crippen LogP contribution in [0.25, 0.3) is 0 Å². The number of ether oxygens (including phenoxy) is 1. The molecule has 0 bridgehead atoms. The fourth-order valence-corrected chi connectivity index (χ4v) is 2.28. The Balaban J connectivity index is 1.91. The maximum Gasteiger partial charge on any atom is 0.0491 e. The van der Waals surface area contributed by atoms with Crippen LogP contribution in [0.1, 0.15) is 12.8 Å². The molecule has 0 radical (unpaired) electrons. The van der Waals surface area contributed by atoms with Crippen molar-refractivity contribution in [3.05, 3.63) is 24.3 Å². The molecule has 2 N–H and O–H groups in total. The van der Waals surface area contributed by atoms with Crippen molar-refractivity contribution in [1.29, 1.82) is 0 Å². The van der Waals surface area contributed by atoms with Crippen molar-refractivity contribution in [2.45, 2.75) is 12.8 Å². The average Bonchev–Trinajstić information content (AvgIpc) is 2.32. The first-order valence-electron chi connectivity index (χ1n) is 5.89. The van der Waals surface area contributed by atoms with Gasteiger partial charge in [0.15, 0.2) is 0 Å². The monoisotopic (exact) mass is 220 g/mol. The van der Waals surface area contributed by atoms with Gasteiger partial charge in [-0.05, 0) is 43.0 Å². The van der Waals surface area contributed by atoms with Gasteiger partial charge in [0.1, 0.15) is 0 Å². The Kier molecular flexibility index (Phi) is 3.67. The lowest BCUT2D eigenvalue weighted by Gasteiger charge is -2.33. The molecule has 0 saturated carbocycles. The predicted octanol–water partition coefficient (Wildman–Crippen LogP) is 2.13. The van der Waals surface area contributed by atoms with Gasteiger partial charge in [-0.25, -0.2) is 0 Å². The molecule has 0 aromatic heterocycles. The minimum Gasteiger partial charge on any atom is -0.399 e. The lowest BCUT2D eigenvalue weighted by molar-refractivity contribution is 0.139. The van der Waals surface area contributed by atoms with Crippen LogP contribution in [-0.4, -0.2) is 26.8 Å². The van der Waals surface area contributed by atoms with Gasteiger partial charge >= 0.3 is 0 Å². The molecule has 1 saturated heterocycles. The summed E-state index contributed by atoms with van der Waals surface area (Å²) in [5, 5.41) is 0. The number of rotatable bonds is 3. The van der Waals surface area contributed by atoms with E-state index in [1.165, 1.54) is 18.5 Å². The first-order valence-corrected chi connectivity index (χ1v) is 5.89. The normalized spacial score (nSPS) is 17.7. The fraction of sp³-hybridized carbons (Fsp3) is 0.538. The first kappa shape index (κ1) is 11.3. The van der Waals surface area contributed by atoms with Gasteiger partial charge in [-0.1, -0.05) is 0 Å². The standard InChI is InChI=1S/C13H20N2O/c1-16-10-11-6-8-15(9-7-11)13-4-2-12(14)3-5-13/h2-5,11H,6-10,14H2,1H3. The number of nitrogens with zero attached hydrogens (tertiary/aromatic N) is 1. The highest BCUT2D eigenvalue weighted by atomic mass is 16.5. The van der Waals surface area contributed by atoms with Crippen LogP contribution in [0.4, 0.5) is 11.4 Å². The number of piperidine rings is 1. The minimum absolute atomic E-state index is 0.732. The molecule has 0 amide bonds. The topological polar surface area (TPSA) is 38.5 Å². The number of benzene rings is 1. The predicted molar refractivity (Wildman–Crippen MR) is 67.7 cm³/mol. The summed E-state index contributed by atoms with van der Waals surface area (Å²) in [6.07, 6.45) is 2.44. The maximum absolute atomic E-state index is 5.68. The van der Waals surface area contributed by atoms with E-state index in [0.717, 1.165) is 31.3 Å². The zero-order chi connectivity index (χ0) is 11.4. The third kappa shape index (κ3) is 2.67. The molecule has 0 unspecified atom stereocenters. The van der Waals surface area contributed by atoms with Gasteiger partial charge in [0, 0.05) is 38.2 Å². The van der Waals surface area contributed by atoms with Gasteiger partial charge in [-0.2, -0.15) is 0 Å². The Morgan fingerprint density at radius 3 is 2.44 bits per heavy atom. The van der Waals surface area contributed by atoms with E-state index in [1.54, 1.807) is 7.11 Å². The zero-order valence-corrected chi connectivity index (χ0v) is 9.86. The van der Waals surface area contributed by atoms with Crippen LogP contribution >= 0.6 is 0 Å². The molecule has 2 rings (SSSR count). The first-order chi connectivity index (χ1) is 7.79. The second-order valence-electron chi connectivity index (χ2n) is 4.48. The number of hydrogen-bond acceptors (Lipinski definition) is 3. The summed E-state index contributed by atoms with van der Waals surface area (Å²) in [6, 6.07) is 8.14. The van der Waals surface area contributed by atoms with Gasteiger partial charge in [0.25, 0.3) is 0 Å². The second-order valence-corrected chi connectivity index (χ2v) is 4.48. The quantitative estimate of drug-likeness (QED) is 0.793. The highest BCUT2D eigenvalue weighted by Gasteiger charge is 2.18.